The van der Waals surface area contributed by atoms with Crippen LogP contribution in [0.1, 0.15) is 25.0 Å². The molecule has 0 atom stereocenters. The van der Waals surface area contributed by atoms with Crippen molar-refractivity contribution < 1.29 is 0 Å². The zero-order chi connectivity index (χ0) is 44.2. The number of benzene rings is 11. The van der Waals surface area contributed by atoms with Crippen LogP contribution in [0, 0.1) is 0 Å². The van der Waals surface area contributed by atoms with Crippen molar-refractivity contribution >= 4 is 38.6 Å². The summed E-state index contributed by atoms with van der Waals surface area (Å²) in [7, 11) is 0. The fourth-order valence-corrected chi connectivity index (χ4v) is 10.7. The second kappa shape index (κ2) is 16.1. The molecule has 0 saturated heterocycles. The summed E-state index contributed by atoms with van der Waals surface area (Å²) < 4.78 is 0. The molecule has 11 aromatic rings. The quantitative estimate of drug-likeness (QED) is 0.147. The molecule has 11 aromatic carbocycles. The van der Waals surface area contributed by atoms with Crippen LogP contribution in [0.3, 0.4) is 0 Å². The maximum Gasteiger partial charge on any atom is 0.0540 e. The molecule has 0 fully saturated rings. The fraction of sp³-hybridized carbons (Fsp3) is 0.0462. The van der Waals surface area contributed by atoms with Crippen LogP contribution < -0.4 is 4.90 Å². The maximum absolute atomic E-state index is 2.49. The Bertz CT molecular complexity index is 3590. The van der Waals surface area contributed by atoms with Crippen molar-refractivity contribution in [2.24, 2.45) is 0 Å². The Balaban J connectivity index is 1.04. The molecular formula is C65H47N. The topological polar surface area (TPSA) is 3.24 Å². The Labute approximate surface area is 387 Å². The molecule has 0 saturated carbocycles. The van der Waals surface area contributed by atoms with Gasteiger partial charge in [0.15, 0.2) is 0 Å². The van der Waals surface area contributed by atoms with Crippen LogP contribution >= 0.6 is 0 Å². The molecule has 0 aliphatic heterocycles. The average Bonchev–Trinajstić information content (AvgIpc) is 3.62. The number of rotatable bonds is 8. The van der Waals surface area contributed by atoms with E-state index in [4.69, 9.17) is 0 Å². The number of hydrogen-bond donors (Lipinski definition) is 0. The molecule has 1 aliphatic rings. The monoisotopic (exact) mass is 841 g/mol. The summed E-state index contributed by atoms with van der Waals surface area (Å²) in [4.78, 5) is 2.49. The van der Waals surface area contributed by atoms with Crippen LogP contribution in [0.4, 0.5) is 17.1 Å². The molecule has 0 unspecified atom stereocenters. The van der Waals surface area contributed by atoms with Gasteiger partial charge in [0.25, 0.3) is 0 Å². The van der Waals surface area contributed by atoms with Gasteiger partial charge in [-0.15, -0.1) is 0 Å². The minimum Gasteiger partial charge on any atom is -0.309 e. The molecule has 0 N–H and O–H groups in total. The summed E-state index contributed by atoms with van der Waals surface area (Å²) in [6, 6.07) is 91.4. The molecular weight excluding hydrogens is 795 g/mol. The van der Waals surface area contributed by atoms with Gasteiger partial charge in [-0.2, -0.15) is 0 Å². The number of anilines is 3. The predicted octanol–water partition coefficient (Wildman–Crippen LogP) is 18.1. The standard InChI is InChI=1S/C65H47N/c1-65(2)59-32-11-8-27-58(59)64-57(31-17-33-60(64)65)55-26-10-13-35-62(55)66(50-42-40-45(41-43-50)44-36-38-48(39-37-44)52-28-14-21-46-20-6-7-24-51(46)52)61-34-12-9-25-54(61)56-30-16-23-49-22-15-29-53(63(49)56)47-18-4-3-5-19-47/h3-43H,1-2H3. The van der Waals surface area contributed by atoms with E-state index in [1.807, 2.05) is 0 Å². The van der Waals surface area contributed by atoms with Crippen LogP contribution in [0.2, 0.25) is 0 Å². The Morgan fingerprint density at radius 1 is 0.288 bits per heavy atom. The maximum atomic E-state index is 2.49. The van der Waals surface area contributed by atoms with Crippen molar-refractivity contribution in [1.29, 1.82) is 0 Å². The Hall–Kier alpha value is -8.26. The normalized spacial score (nSPS) is 12.5. The second-order valence-corrected chi connectivity index (χ2v) is 18.0. The number of hydrogen-bond acceptors (Lipinski definition) is 1. The summed E-state index contributed by atoms with van der Waals surface area (Å²) in [6.07, 6.45) is 0. The lowest BCUT2D eigenvalue weighted by Gasteiger charge is -2.31. The van der Waals surface area contributed by atoms with Gasteiger partial charge in [0.05, 0.1) is 11.4 Å². The van der Waals surface area contributed by atoms with Gasteiger partial charge in [-0.3, -0.25) is 0 Å². The molecule has 0 heterocycles. The van der Waals surface area contributed by atoms with E-state index in [2.05, 4.69) is 267 Å². The van der Waals surface area contributed by atoms with Gasteiger partial charge in [0.1, 0.15) is 0 Å². The van der Waals surface area contributed by atoms with E-state index < -0.39 is 0 Å². The highest BCUT2D eigenvalue weighted by molar-refractivity contribution is 6.09. The highest BCUT2D eigenvalue weighted by atomic mass is 15.1. The van der Waals surface area contributed by atoms with Gasteiger partial charge in [0.2, 0.25) is 0 Å². The van der Waals surface area contributed by atoms with Gasteiger partial charge in [-0.1, -0.05) is 238 Å². The molecule has 1 aliphatic carbocycles. The van der Waals surface area contributed by atoms with Gasteiger partial charge >= 0.3 is 0 Å². The predicted molar refractivity (Wildman–Crippen MR) is 281 cm³/mol. The van der Waals surface area contributed by atoms with Crippen molar-refractivity contribution in [2.75, 3.05) is 4.90 Å². The number of para-hydroxylation sites is 2. The van der Waals surface area contributed by atoms with Crippen LogP contribution in [0.25, 0.3) is 88.3 Å². The number of fused-ring (bicyclic) bond motifs is 5. The van der Waals surface area contributed by atoms with E-state index in [1.165, 1.54) is 99.4 Å². The van der Waals surface area contributed by atoms with Crippen molar-refractivity contribution in [2.45, 2.75) is 19.3 Å². The summed E-state index contributed by atoms with van der Waals surface area (Å²) in [6.45, 7) is 4.73. The first-order valence-electron chi connectivity index (χ1n) is 23.0. The molecule has 0 radical (unpaired) electrons. The smallest absolute Gasteiger partial charge is 0.0540 e. The molecule has 0 bridgehead atoms. The van der Waals surface area contributed by atoms with Gasteiger partial charge in [-0.25, -0.2) is 0 Å². The summed E-state index contributed by atoms with van der Waals surface area (Å²) in [5.74, 6) is 0. The van der Waals surface area contributed by atoms with Crippen molar-refractivity contribution in [3.63, 3.8) is 0 Å². The highest BCUT2D eigenvalue weighted by Crippen LogP contribution is 2.54. The Kier molecular flexibility index (Phi) is 9.58. The number of nitrogens with zero attached hydrogens (tertiary/aromatic N) is 1. The first-order chi connectivity index (χ1) is 32.5. The molecule has 66 heavy (non-hydrogen) atoms. The van der Waals surface area contributed by atoms with Crippen molar-refractivity contribution in [1.82, 2.24) is 0 Å². The zero-order valence-electron chi connectivity index (χ0n) is 37.1. The van der Waals surface area contributed by atoms with Gasteiger partial charge in [0, 0.05) is 22.2 Å². The van der Waals surface area contributed by atoms with Crippen LogP contribution in [0.5, 0.6) is 0 Å². The van der Waals surface area contributed by atoms with E-state index in [0.717, 1.165) is 17.1 Å². The fourth-order valence-electron chi connectivity index (χ4n) is 10.7. The first kappa shape index (κ1) is 39.3. The molecule has 0 aromatic heterocycles. The van der Waals surface area contributed by atoms with Gasteiger partial charge < -0.3 is 4.90 Å². The largest absolute Gasteiger partial charge is 0.309 e. The van der Waals surface area contributed by atoms with Crippen LogP contribution in [-0.2, 0) is 5.41 Å². The minimum absolute atomic E-state index is 0.114. The Morgan fingerprint density at radius 2 is 0.742 bits per heavy atom. The lowest BCUT2D eigenvalue weighted by Crippen LogP contribution is -2.15. The van der Waals surface area contributed by atoms with Crippen molar-refractivity contribution in [3.05, 3.63) is 260 Å². The van der Waals surface area contributed by atoms with E-state index in [9.17, 15) is 0 Å². The molecule has 0 spiro atoms. The first-order valence-corrected chi connectivity index (χ1v) is 23.0. The average molecular weight is 842 g/mol. The van der Waals surface area contributed by atoms with E-state index >= 15 is 0 Å². The highest BCUT2D eigenvalue weighted by Gasteiger charge is 2.37. The van der Waals surface area contributed by atoms with E-state index in [0.29, 0.717) is 0 Å². The lowest BCUT2D eigenvalue weighted by molar-refractivity contribution is 0.660. The minimum atomic E-state index is -0.114. The zero-order valence-corrected chi connectivity index (χ0v) is 37.1. The van der Waals surface area contributed by atoms with Crippen LogP contribution in [0.15, 0.2) is 249 Å². The third kappa shape index (κ3) is 6.55. The lowest BCUT2D eigenvalue weighted by atomic mass is 9.82. The van der Waals surface area contributed by atoms with E-state index in [1.54, 1.807) is 0 Å². The van der Waals surface area contributed by atoms with E-state index in [-0.39, 0.29) is 5.41 Å². The summed E-state index contributed by atoms with van der Waals surface area (Å²) in [5.41, 5.74) is 20.6. The molecule has 0 amide bonds. The third-order valence-corrected chi connectivity index (χ3v) is 13.9. The molecule has 312 valence electrons. The Morgan fingerprint density at radius 3 is 1.47 bits per heavy atom. The molecule has 1 heteroatoms. The SMILES string of the molecule is CC1(C)c2ccccc2-c2c(-c3ccccc3N(c3ccc(-c4ccc(-c5cccc6ccccc56)cc4)cc3)c3ccccc3-c3cccc4cccc(-c5ccccc5)c34)cccc21. The van der Waals surface area contributed by atoms with Crippen molar-refractivity contribution in [3.8, 4) is 66.8 Å². The third-order valence-electron chi connectivity index (χ3n) is 13.9. The second-order valence-electron chi connectivity index (χ2n) is 18.0. The molecule has 1 nitrogen and oxygen atoms in total. The summed E-state index contributed by atoms with van der Waals surface area (Å²) in [5, 5.41) is 4.98. The summed E-state index contributed by atoms with van der Waals surface area (Å²) >= 11 is 0. The van der Waals surface area contributed by atoms with Gasteiger partial charge in [-0.05, 0) is 113 Å². The van der Waals surface area contributed by atoms with Crippen LogP contribution in [-0.4, -0.2) is 0 Å². The molecule has 12 rings (SSSR count).